The summed E-state index contributed by atoms with van der Waals surface area (Å²) in [5.41, 5.74) is 1.06. The van der Waals surface area contributed by atoms with Gasteiger partial charge in [-0.25, -0.2) is 0 Å². The van der Waals surface area contributed by atoms with Crippen molar-refractivity contribution < 1.29 is 9.47 Å². The number of anilines is 1. The van der Waals surface area contributed by atoms with Crippen molar-refractivity contribution >= 4 is 16.5 Å². The van der Waals surface area contributed by atoms with Gasteiger partial charge in [0, 0.05) is 12.2 Å². The predicted molar refractivity (Wildman–Crippen MR) is 87.1 cm³/mol. The van der Waals surface area contributed by atoms with E-state index in [4.69, 9.17) is 14.7 Å². The van der Waals surface area contributed by atoms with E-state index < -0.39 is 0 Å². The van der Waals surface area contributed by atoms with Gasteiger partial charge in [0.05, 0.1) is 19.8 Å². The van der Waals surface area contributed by atoms with Crippen LogP contribution in [0.3, 0.4) is 0 Å². The van der Waals surface area contributed by atoms with Gasteiger partial charge < -0.3 is 14.8 Å². The van der Waals surface area contributed by atoms with Crippen molar-refractivity contribution in [2.24, 2.45) is 5.92 Å². The van der Waals surface area contributed by atoms with Crippen LogP contribution in [0.5, 0.6) is 5.75 Å². The Hall–Kier alpha value is -2.25. The molecule has 2 aromatic carbocycles. The van der Waals surface area contributed by atoms with Crippen molar-refractivity contribution in [3.8, 4) is 11.8 Å². The molecule has 0 aromatic heterocycles. The molecule has 1 aliphatic carbocycles. The fourth-order valence-corrected chi connectivity index (χ4v) is 2.52. The molecular weight excluding hydrogens is 276 g/mol. The summed E-state index contributed by atoms with van der Waals surface area (Å²) in [6.07, 6.45) is 2.02. The number of nitrogens with zero attached hydrogens (tertiary/aromatic N) is 1. The van der Waals surface area contributed by atoms with E-state index in [-0.39, 0.29) is 6.10 Å². The molecule has 1 aliphatic rings. The van der Waals surface area contributed by atoms with E-state index in [0.29, 0.717) is 19.1 Å². The summed E-state index contributed by atoms with van der Waals surface area (Å²) in [4.78, 5) is 0. The van der Waals surface area contributed by atoms with Crippen LogP contribution in [0.2, 0.25) is 0 Å². The fraction of sp³-hybridized carbons (Fsp3) is 0.389. The minimum atomic E-state index is -0.231. The summed E-state index contributed by atoms with van der Waals surface area (Å²) in [7, 11) is 1.67. The molecule has 1 atom stereocenters. The van der Waals surface area contributed by atoms with Crippen LogP contribution in [0.1, 0.15) is 12.8 Å². The largest absolute Gasteiger partial charge is 0.497 e. The SMILES string of the molecule is COc1ccc2cc(NCCOC(C#N)C3CC3)ccc2c1. The highest BCUT2D eigenvalue weighted by Crippen LogP contribution is 2.33. The summed E-state index contributed by atoms with van der Waals surface area (Å²) < 4.78 is 10.8. The lowest BCUT2D eigenvalue weighted by atomic mass is 10.1. The van der Waals surface area contributed by atoms with E-state index >= 15 is 0 Å². The third-order valence-electron chi connectivity index (χ3n) is 3.95. The first-order chi connectivity index (χ1) is 10.8. The van der Waals surface area contributed by atoms with Gasteiger partial charge >= 0.3 is 0 Å². The average molecular weight is 296 g/mol. The number of nitrogens with one attached hydrogen (secondary N) is 1. The third-order valence-corrected chi connectivity index (χ3v) is 3.95. The van der Waals surface area contributed by atoms with Gasteiger partial charge in [0.1, 0.15) is 11.9 Å². The van der Waals surface area contributed by atoms with E-state index in [1.54, 1.807) is 7.11 Å². The van der Waals surface area contributed by atoms with Crippen molar-refractivity contribution in [3.63, 3.8) is 0 Å². The molecule has 3 rings (SSSR count). The molecule has 4 heteroatoms. The quantitative estimate of drug-likeness (QED) is 0.793. The average Bonchev–Trinajstić information content (AvgIpc) is 3.39. The van der Waals surface area contributed by atoms with E-state index in [0.717, 1.165) is 29.7 Å². The predicted octanol–water partition coefficient (Wildman–Crippen LogP) is 3.58. The Balaban J connectivity index is 1.54. The monoisotopic (exact) mass is 296 g/mol. The highest BCUT2D eigenvalue weighted by molar-refractivity contribution is 5.86. The van der Waals surface area contributed by atoms with Gasteiger partial charge in [0.15, 0.2) is 0 Å². The number of fused-ring (bicyclic) bond motifs is 1. The molecule has 0 bridgehead atoms. The second kappa shape index (κ2) is 6.67. The van der Waals surface area contributed by atoms with Crippen LogP contribution in [0.15, 0.2) is 36.4 Å². The van der Waals surface area contributed by atoms with Crippen molar-refractivity contribution in [2.45, 2.75) is 18.9 Å². The van der Waals surface area contributed by atoms with Crippen LogP contribution in [-0.2, 0) is 4.74 Å². The summed E-state index contributed by atoms with van der Waals surface area (Å²) in [5.74, 6) is 1.32. The topological polar surface area (TPSA) is 54.3 Å². The highest BCUT2D eigenvalue weighted by Gasteiger charge is 2.31. The van der Waals surface area contributed by atoms with Crippen LogP contribution in [0.25, 0.3) is 10.8 Å². The third kappa shape index (κ3) is 3.49. The molecule has 0 spiro atoms. The maximum Gasteiger partial charge on any atom is 0.146 e. The van der Waals surface area contributed by atoms with Gasteiger partial charge in [-0.2, -0.15) is 5.26 Å². The molecule has 0 heterocycles. The second-order valence-corrected chi connectivity index (χ2v) is 5.61. The van der Waals surface area contributed by atoms with E-state index in [2.05, 4.69) is 29.6 Å². The van der Waals surface area contributed by atoms with Crippen molar-refractivity contribution in [1.82, 2.24) is 0 Å². The van der Waals surface area contributed by atoms with E-state index in [1.807, 2.05) is 18.2 Å². The minimum Gasteiger partial charge on any atom is -0.497 e. The highest BCUT2D eigenvalue weighted by atomic mass is 16.5. The Labute approximate surface area is 130 Å². The lowest BCUT2D eigenvalue weighted by molar-refractivity contribution is 0.0837. The molecule has 1 unspecified atom stereocenters. The Morgan fingerprint density at radius 3 is 2.73 bits per heavy atom. The van der Waals surface area contributed by atoms with Gasteiger partial charge in [-0.1, -0.05) is 12.1 Å². The standard InChI is InChI=1S/C18H20N2O2/c1-21-17-7-5-14-10-16(6-4-15(14)11-17)20-8-9-22-18(12-19)13-2-3-13/h4-7,10-11,13,18,20H,2-3,8-9H2,1H3. The molecule has 1 N–H and O–H groups in total. The van der Waals surface area contributed by atoms with Crippen LogP contribution >= 0.6 is 0 Å². The van der Waals surface area contributed by atoms with Crippen molar-refractivity contribution in [2.75, 3.05) is 25.6 Å². The zero-order valence-corrected chi connectivity index (χ0v) is 12.7. The van der Waals surface area contributed by atoms with Crippen LogP contribution < -0.4 is 10.1 Å². The molecule has 4 nitrogen and oxygen atoms in total. The number of ether oxygens (including phenoxy) is 2. The first-order valence-corrected chi connectivity index (χ1v) is 7.63. The van der Waals surface area contributed by atoms with Gasteiger partial charge in [-0.05, 0) is 53.8 Å². The Kier molecular flexibility index (Phi) is 4.45. The Morgan fingerprint density at radius 1 is 1.23 bits per heavy atom. The number of hydrogen-bond acceptors (Lipinski definition) is 4. The minimum absolute atomic E-state index is 0.231. The van der Waals surface area contributed by atoms with Gasteiger partial charge in [0.2, 0.25) is 0 Å². The molecule has 22 heavy (non-hydrogen) atoms. The normalized spacial score (nSPS) is 15.3. The lowest BCUT2D eigenvalue weighted by Gasteiger charge is -2.11. The number of hydrogen-bond donors (Lipinski definition) is 1. The molecule has 0 saturated heterocycles. The fourth-order valence-electron chi connectivity index (χ4n) is 2.52. The van der Waals surface area contributed by atoms with Gasteiger partial charge in [0.25, 0.3) is 0 Å². The zero-order chi connectivity index (χ0) is 15.4. The molecule has 0 amide bonds. The molecule has 114 valence electrons. The van der Waals surface area contributed by atoms with Crippen molar-refractivity contribution in [3.05, 3.63) is 36.4 Å². The number of benzene rings is 2. The van der Waals surface area contributed by atoms with Crippen LogP contribution in [-0.4, -0.2) is 26.4 Å². The van der Waals surface area contributed by atoms with Crippen LogP contribution in [0.4, 0.5) is 5.69 Å². The van der Waals surface area contributed by atoms with Gasteiger partial charge in [-0.3, -0.25) is 0 Å². The number of rotatable bonds is 7. The van der Waals surface area contributed by atoms with E-state index in [1.165, 1.54) is 5.39 Å². The summed E-state index contributed by atoms with van der Waals surface area (Å²) >= 11 is 0. The maximum absolute atomic E-state index is 9.01. The zero-order valence-electron chi connectivity index (χ0n) is 12.7. The Morgan fingerprint density at radius 2 is 2.00 bits per heavy atom. The first kappa shape index (κ1) is 14.7. The number of methoxy groups -OCH3 is 1. The van der Waals surface area contributed by atoms with Gasteiger partial charge in [-0.15, -0.1) is 0 Å². The molecule has 2 aromatic rings. The smallest absolute Gasteiger partial charge is 0.146 e. The Bertz CT molecular complexity index is 689. The molecule has 1 saturated carbocycles. The van der Waals surface area contributed by atoms with Crippen LogP contribution in [0, 0.1) is 17.2 Å². The second-order valence-electron chi connectivity index (χ2n) is 5.61. The first-order valence-electron chi connectivity index (χ1n) is 7.63. The molecule has 1 fully saturated rings. The summed E-state index contributed by atoms with van der Waals surface area (Å²) in [6, 6.07) is 14.5. The van der Waals surface area contributed by atoms with E-state index in [9.17, 15) is 0 Å². The van der Waals surface area contributed by atoms with Crippen molar-refractivity contribution in [1.29, 1.82) is 5.26 Å². The molecule has 0 radical (unpaired) electrons. The maximum atomic E-state index is 9.01. The molecule has 0 aliphatic heterocycles. The molecular formula is C18H20N2O2. The lowest BCUT2D eigenvalue weighted by Crippen LogP contribution is -2.18. The summed E-state index contributed by atoms with van der Waals surface area (Å²) in [5, 5.41) is 14.7. The summed E-state index contributed by atoms with van der Waals surface area (Å²) in [6.45, 7) is 1.25. The number of nitriles is 1.